The summed E-state index contributed by atoms with van der Waals surface area (Å²) in [6, 6.07) is 23.5. The second-order valence-corrected chi connectivity index (χ2v) is 19.8. The molecular weight excluding hydrogens is 721 g/mol. The van der Waals surface area contributed by atoms with Crippen LogP contribution in [0.5, 0.6) is 0 Å². The first-order chi connectivity index (χ1) is 24.7. The molecule has 0 fully saturated rings. The van der Waals surface area contributed by atoms with Gasteiger partial charge in [-0.05, 0) is 96.1 Å². The van der Waals surface area contributed by atoms with Crippen LogP contribution in [-0.4, -0.2) is 0 Å². The Bertz CT molecular complexity index is 1660. The van der Waals surface area contributed by atoms with Gasteiger partial charge in [-0.3, -0.25) is 0 Å². The zero-order valence-electron chi connectivity index (χ0n) is 30.1. The minimum absolute atomic E-state index is 1.19. The lowest BCUT2D eigenvalue weighted by Crippen LogP contribution is -1.86. The van der Waals surface area contributed by atoms with Crippen LogP contribution in [0.2, 0.25) is 0 Å². The van der Waals surface area contributed by atoms with E-state index in [0.717, 1.165) is 0 Å². The topological polar surface area (TPSA) is 0 Å². The lowest BCUT2D eigenvalue weighted by atomic mass is 10.0. The maximum atomic E-state index is 2.52. The Kier molecular flexibility index (Phi) is 15.5. The molecule has 6 heterocycles. The third kappa shape index (κ3) is 10.6. The largest absolute Gasteiger partial charge is 0.143 e. The van der Waals surface area contributed by atoms with Gasteiger partial charge in [0.2, 0.25) is 0 Å². The minimum atomic E-state index is 1.19. The summed E-state index contributed by atoms with van der Waals surface area (Å²) in [7, 11) is 0. The van der Waals surface area contributed by atoms with Gasteiger partial charge in [-0.25, -0.2) is 0 Å². The van der Waals surface area contributed by atoms with E-state index in [2.05, 4.69) is 85.3 Å². The molecule has 0 bridgehead atoms. The summed E-state index contributed by atoms with van der Waals surface area (Å²) in [4.78, 5) is 14.3. The van der Waals surface area contributed by atoms with Crippen LogP contribution in [0.4, 0.5) is 0 Å². The summed E-state index contributed by atoms with van der Waals surface area (Å²) < 4.78 is 0. The minimum Gasteiger partial charge on any atom is -0.143 e. The Morgan fingerprint density at radius 3 is 1.08 bits per heavy atom. The molecule has 0 radical (unpaired) electrons. The van der Waals surface area contributed by atoms with Crippen molar-refractivity contribution in [2.24, 2.45) is 0 Å². The number of hydrogen-bond donors (Lipinski definition) is 0. The predicted octanol–water partition coefficient (Wildman–Crippen LogP) is 17.8. The summed E-state index contributed by atoms with van der Waals surface area (Å²) in [6.07, 6.45) is 24.4. The number of hydrogen-bond acceptors (Lipinski definition) is 6. The van der Waals surface area contributed by atoms with Crippen molar-refractivity contribution in [3.8, 4) is 48.8 Å². The van der Waals surface area contributed by atoms with Crippen molar-refractivity contribution in [1.29, 1.82) is 0 Å². The molecule has 6 rings (SSSR count). The smallest absolute Gasteiger partial charge is 0.0481 e. The van der Waals surface area contributed by atoms with Crippen molar-refractivity contribution in [3.05, 3.63) is 82.6 Å². The molecule has 0 N–H and O–H groups in total. The SMILES string of the molecule is CCCCCCCCCCc1cc(-c2ccc(-c3ccc(-c4cc(CCCCCCCCCC)c(-c5cccs5)s4)s3)s2)sc1-c1cccs1. The molecule has 50 heavy (non-hydrogen) atoms. The molecule has 0 amide bonds. The van der Waals surface area contributed by atoms with Gasteiger partial charge in [0.05, 0.1) is 0 Å². The molecule has 0 nitrogen and oxygen atoms in total. The van der Waals surface area contributed by atoms with Crippen molar-refractivity contribution in [3.63, 3.8) is 0 Å². The van der Waals surface area contributed by atoms with Gasteiger partial charge >= 0.3 is 0 Å². The monoisotopic (exact) mass is 774 g/mol. The van der Waals surface area contributed by atoms with Gasteiger partial charge in [-0.15, -0.1) is 68.0 Å². The molecule has 0 unspecified atom stereocenters. The van der Waals surface area contributed by atoms with E-state index in [1.54, 1.807) is 11.1 Å². The van der Waals surface area contributed by atoms with Crippen molar-refractivity contribution in [2.45, 2.75) is 129 Å². The Labute approximate surface area is 326 Å². The first kappa shape index (κ1) is 37.9. The van der Waals surface area contributed by atoms with Crippen LogP contribution in [0.1, 0.15) is 128 Å². The first-order valence-electron chi connectivity index (χ1n) is 19.3. The van der Waals surface area contributed by atoms with Gasteiger partial charge in [0.1, 0.15) is 0 Å². The van der Waals surface area contributed by atoms with Gasteiger partial charge in [0.25, 0.3) is 0 Å². The molecule has 0 aliphatic heterocycles. The Morgan fingerprint density at radius 2 is 0.720 bits per heavy atom. The predicted molar refractivity (Wildman–Crippen MR) is 234 cm³/mol. The van der Waals surface area contributed by atoms with Crippen LogP contribution in [0, 0.1) is 0 Å². The molecule has 0 aliphatic rings. The molecule has 0 aliphatic carbocycles. The van der Waals surface area contributed by atoms with Crippen LogP contribution in [0.3, 0.4) is 0 Å². The lowest BCUT2D eigenvalue weighted by Gasteiger charge is -2.03. The molecule has 0 spiro atoms. The normalized spacial score (nSPS) is 11.6. The van der Waals surface area contributed by atoms with E-state index in [0.29, 0.717) is 0 Å². The molecular formula is C44H54S6. The Hall–Kier alpha value is -1.80. The molecule has 0 aromatic carbocycles. The lowest BCUT2D eigenvalue weighted by molar-refractivity contribution is 0.576. The highest BCUT2D eigenvalue weighted by atomic mass is 32.1. The van der Waals surface area contributed by atoms with Crippen molar-refractivity contribution in [2.75, 3.05) is 0 Å². The molecule has 6 aromatic rings. The standard InChI is InChI=1S/C44H54S6/c1-3-5-7-9-11-13-15-17-21-33-31-41(49-43(33)39-23-19-29-45-39)37-27-25-35(47-37)36-26-28-38(48-36)42-32-34(44(50-42)40-24-20-30-46-40)22-18-16-14-12-10-8-6-4-2/h19-20,23-32H,3-18,21-22H2,1-2H3. The van der Waals surface area contributed by atoms with E-state index in [1.807, 2.05) is 68.0 Å². The highest BCUT2D eigenvalue weighted by Crippen LogP contribution is 2.47. The van der Waals surface area contributed by atoms with Crippen molar-refractivity contribution in [1.82, 2.24) is 0 Å². The summed E-state index contributed by atoms with van der Waals surface area (Å²) in [5.74, 6) is 0. The fourth-order valence-corrected chi connectivity index (χ4v) is 13.3. The molecule has 0 atom stereocenters. The van der Waals surface area contributed by atoms with Crippen molar-refractivity contribution >= 4 is 68.0 Å². The Morgan fingerprint density at radius 1 is 0.360 bits per heavy atom. The zero-order valence-corrected chi connectivity index (χ0v) is 35.0. The van der Waals surface area contributed by atoms with Gasteiger partial charge in [0.15, 0.2) is 0 Å². The average Bonchev–Trinajstić information content (AvgIpc) is 3.98. The molecule has 6 aromatic heterocycles. The van der Waals surface area contributed by atoms with E-state index in [-0.39, 0.29) is 0 Å². The Balaban J connectivity index is 1.11. The number of thiophene rings is 6. The van der Waals surface area contributed by atoms with Gasteiger partial charge in [0, 0.05) is 48.8 Å². The van der Waals surface area contributed by atoms with E-state index in [4.69, 9.17) is 0 Å². The average molecular weight is 775 g/mol. The maximum absolute atomic E-state index is 2.52. The molecule has 0 saturated heterocycles. The molecule has 266 valence electrons. The summed E-state index contributed by atoms with van der Waals surface area (Å²) in [6.45, 7) is 4.60. The third-order valence-electron chi connectivity index (χ3n) is 9.65. The number of rotatable bonds is 23. The second kappa shape index (κ2) is 20.4. The summed E-state index contributed by atoms with van der Waals surface area (Å²) >= 11 is 11.7. The quantitative estimate of drug-likeness (QED) is 0.0569. The van der Waals surface area contributed by atoms with Crippen LogP contribution >= 0.6 is 68.0 Å². The molecule has 0 saturated carbocycles. The van der Waals surface area contributed by atoms with E-state index >= 15 is 0 Å². The van der Waals surface area contributed by atoms with Crippen molar-refractivity contribution < 1.29 is 0 Å². The van der Waals surface area contributed by atoms with Gasteiger partial charge in [-0.1, -0.05) is 116 Å². The van der Waals surface area contributed by atoms with Crippen LogP contribution in [-0.2, 0) is 12.8 Å². The van der Waals surface area contributed by atoms with E-state index < -0.39 is 0 Å². The highest BCUT2D eigenvalue weighted by molar-refractivity contribution is 7.30. The highest BCUT2D eigenvalue weighted by Gasteiger charge is 2.18. The van der Waals surface area contributed by atoms with Gasteiger partial charge < -0.3 is 0 Å². The fourth-order valence-electron chi connectivity index (χ4n) is 6.81. The van der Waals surface area contributed by atoms with E-state index in [9.17, 15) is 0 Å². The zero-order chi connectivity index (χ0) is 34.4. The van der Waals surface area contributed by atoms with Gasteiger partial charge in [-0.2, -0.15) is 0 Å². The fraction of sp³-hybridized carbons (Fsp3) is 0.455. The summed E-state index contributed by atoms with van der Waals surface area (Å²) in [5, 5.41) is 4.45. The van der Waals surface area contributed by atoms with Crippen LogP contribution < -0.4 is 0 Å². The molecule has 6 heteroatoms. The second-order valence-electron chi connectivity index (χ2n) is 13.7. The van der Waals surface area contributed by atoms with Crippen LogP contribution in [0.15, 0.2) is 71.4 Å². The third-order valence-corrected chi connectivity index (χ3v) is 16.9. The number of unbranched alkanes of at least 4 members (excludes halogenated alkanes) is 14. The maximum Gasteiger partial charge on any atom is 0.0481 e. The number of aryl methyl sites for hydroxylation is 2. The van der Waals surface area contributed by atoms with E-state index in [1.165, 1.54) is 164 Å². The first-order valence-corrected chi connectivity index (χ1v) is 24.3. The summed E-state index contributed by atoms with van der Waals surface area (Å²) in [5.41, 5.74) is 3.10. The van der Waals surface area contributed by atoms with Crippen LogP contribution in [0.25, 0.3) is 48.8 Å².